The van der Waals surface area contributed by atoms with Crippen molar-refractivity contribution in [3.05, 3.63) is 23.8 Å². The second-order valence-corrected chi connectivity index (χ2v) is 7.18. The van der Waals surface area contributed by atoms with Crippen molar-refractivity contribution in [2.24, 2.45) is 5.10 Å². The standard InChI is InChI=1S/C17H20N4O4S/c1-5-8-20-14-7-6-12(25-4)9-13(14)17(15(20)24)21(11(3)23)19-16(26-17)18-10(2)22/h6-7,9H,5,8H2,1-4H3,(H,18,19,22)/t17-/m1/s1. The first-order chi connectivity index (χ1) is 12.3. The van der Waals surface area contributed by atoms with Crippen molar-refractivity contribution in [1.82, 2.24) is 10.3 Å². The molecule has 0 unspecified atom stereocenters. The predicted molar refractivity (Wildman–Crippen MR) is 98.7 cm³/mol. The van der Waals surface area contributed by atoms with Gasteiger partial charge in [0.2, 0.25) is 16.7 Å². The second-order valence-electron chi connectivity index (χ2n) is 6.00. The highest BCUT2D eigenvalue weighted by atomic mass is 32.2. The van der Waals surface area contributed by atoms with Gasteiger partial charge in [-0.05, 0) is 36.4 Å². The summed E-state index contributed by atoms with van der Waals surface area (Å²) in [6, 6.07) is 5.34. The molecule has 3 amide bonds. The molecule has 138 valence electrons. The van der Waals surface area contributed by atoms with E-state index in [1.807, 2.05) is 13.0 Å². The van der Waals surface area contributed by atoms with Gasteiger partial charge in [-0.1, -0.05) is 6.92 Å². The third-order valence-corrected chi connectivity index (χ3v) is 5.40. The molecule has 2 heterocycles. The number of nitrogens with one attached hydrogen (secondary N) is 1. The zero-order valence-electron chi connectivity index (χ0n) is 15.0. The van der Waals surface area contributed by atoms with Crippen LogP contribution in [-0.4, -0.2) is 41.6 Å². The first-order valence-corrected chi connectivity index (χ1v) is 9.03. The molecule has 3 rings (SSSR count). The number of nitrogens with zero attached hydrogens (tertiary/aromatic N) is 3. The smallest absolute Gasteiger partial charge is 0.270 e. The number of carbonyl (C=O) groups is 3. The number of amides is 3. The highest BCUT2D eigenvalue weighted by Crippen LogP contribution is 2.55. The van der Waals surface area contributed by atoms with Crippen molar-refractivity contribution in [3.63, 3.8) is 0 Å². The largest absolute Gasteiger partial charge is 0.497 e. The number of benzene rings is 1. The highest BCUT2D eigenvalue weighted by molar-refractivity contribution is 8.15. The van der Waals surface area contributed by atoms with Crippen molar-refractivity contribution >= 4 is 40.3 Å². The number of anilines is 1. The van der Waals surface area contributed by atoms with Crippen LogP contribution >= 0.6 is 11.8 Å². The number of rotatable bonds is 3. The Morgan fingerprint density at radius 3 is 2.65 bits per heavy atom. The average Bonchev–Trinajstić information content (AvgIpc) is 3.07. The second kappa shape index (κ2) is 6.64. The molecule has 0 aliphatic carbocycles. The molecule has 0 fully saturated rings. The molecule has 1 N–H and O–H groups in total. The molecule has 0 bridgehead atoms. The zero-order chi connectivity index (χ0) is 19.1. The molecule has 9 heteroatoms. The van der Waals surface area contributed by atoms with Gasteiger partial charge in [-0.15, -0.1) is 5.10 Å². The van der Waals surface area contributed by atoms with E-state index in [-0.39, 0.29) is 17.0 Å². The van der Waals surface area contributed by atoms with Crippen LogP contribution in [0.15, 0.2) is 23.3 Å². The number of ether oxygens (including phenoxy) is 1. The maximum atomic E-state index is 13.4. The van der Waals surface area contributed by atoms with Crippen LogP contribution < -0.4 is 15.0 Å². The molecule has 0 saturated heterocycles. The summed E-state index contributed by atoms with van der Waals surface area (Å²) < 4.78 is 5.31. The molecular formula is C17H20N4O4S. The van der Waals surface area contributed by atoms with E-state index < -0.39 is 10.8 Å². The first-order valence-electron chi connectivity index (χ1n) is 8.21. The lowest BCUT2D eigenvalue weighted by molar-refractivity contribution is -0.139. The fourth-order valence-corrected chi connectivity index (χ4v) is 4.49. The topological polar surface area (TPSA) is 91.3 Å². The van der Waals surface area contributed by atoms with Crippen LogP contribution in [0.5, 0.6) is 5.75 Å². The number of thioether (sulfide) groups is 1. The van der Waals surface area contributed by atoms with E-state index in [0.717, 1.165) is 28.9 Å². The van der Waals surface area contributed by atoms with Gasteiger partial charge in [-0.2, -0.15) is 5.01 Å². The molecular weight excluding hydrogens is 356 g/mol. The first kappa shape index (κ1) is 18.2. The van der Waals surface area contributed by atoms with Gasteiger partial charge in [-0.25, -0.2) is 0 Å². The summed E-state index contributed by atoms with van der Waals surface area (Å²) in [5.74, 6) is -0.393. The lowest BCUT2D eigenvalue weighted by Gasteiger charge is -2.29. The quantitative estimate of drug-likeness (QED) is 0.865. The number of hydrogen-bond acceptors (Lipinski definition) is 6. The SMILES string of the molecule is CCCN1C(=O)[C@]2(SC(NC(C)=O)=NN2C(C)=O)c2cc(OC)ccc21. The Morgan fingerprint density at radius 2 is 2.08 bits per heavy atom. The lowest BCUT2D eigenvalue weighted by Crippen LogP contribution is -2.48. The Balaban J connectivity index is 2.18. The maximum absolute atomic E-state index is 13.4. The third kappa shape index (κ3) is 2.63. The van der Waals surface area contributed by atoms with Gasteiger partial charge in [0.15, 0.2) is 5.17 Å². The average molecular weight is 376 g/mol. The Kier molecular flexibility index (Phi) is 4.66. The summed E-state index contributed by atoms with van der Waals surface area (Å²) in [7, 11) is 1.54. The van der Waals surface area contributed by atoms with E-state index in [4.69, 9.17) is 4.74 Å². The van der Waals surface area contributed by atoms with Crippen LogP contribution in [0.2, 0.25) is 0 Å². The van der Waals surface area contributed by atoms with Gasteiger partial charge in [0.1, 0.15) is 5.75 Å². The molecule has 1 spiro atoms. The minimum Gasteiger partial charge on any atom is -0.497 e. The minimum absolute atomic E-state index is 0.216. The van der Waals surface area contributed by atoms with Gasteiger partial charge >= 0.3 is 0 Å². The van der Waals surface area contributed by atoms with Crippen molar-refractivity contribution in [1.29, 1.82) is 0 Å². The number of hydrogen-bond donors (Lipinski definition) is 1. The van der Waals surface area contributed by atoms with Gasteiger partial charge in [0.25, 0.3) is 5.91 Å². The molecule has 8 nitrogen and oxygen atoms in total. The fraction of sp³-hybridized carbons (Fsp3) is 0.412. The molecule has 0 radical (unpaired) electrons. The van der Waals surface area contributed by atoms with E-state index in [1.165, 1.54) is 13.8 Å². The normalized spacial score (nSPS) is 21.1. The number of amidine groups is 1. The van der Waals surface area contributed by atoms with E-state index in [9.17, 15) is 14.4 Å². The molecule has 2 aliphatic rings. The summed E-state index contributed by atoms with van der Waals surface area (Å²) in [5, 5.41) is 8.16. The Labute approximate surface area is 155 Å². The summed E-state index contributed by atoms with van der Waals surface area (Å²) >= 11 is 1.06. The maximum Gasteiger partial charge on any atom is 0.270 e. The van der Waals surface area contributed by atoms with Crippen molar-refractivity contribution in [3.8, 4) is 5.75 Å². The van der Waals surface area contributed by atoms with Crippen LogP contribution in [0.25, 0.3) is 0 Å². The lowest BCUT2D eigenvalue weighted by atomic mass is 10.1. The molecule has 1 aromatic carbocycles. The van der Waals surface area contributed by atoms with Gasteiger partial charge < -0.3 is 15.0 Å². The summed E-state index contributed by atoms with van der Waals surface area (Å²) in [6.07, 6.45) is 0.761. The molecule has 1 atom stereocenters. The Bertz CT molecular complexity index is 825. The third-order valence-electron chi connectivity index (χ3n) is 4.16. The Hall–Kier alpha value is -2.55. The summed E-state index contributed by atoms with van der Waals surface area (Å²) in [6.45, 7) is 5.19. The van der Waals surface area contributed by atoms with Crippen molar-refractivity contribution in [2.75, 3.05) is 18.6 Å². The van der Waals surface area contributed by atoms with E-state index in [1.54, 1.807) is 24.1 Å². The van der Waals surface area contributed by atoms with E-state index >= 15 is 0 Å². The van der Waals surface area contributed by atoms with Crippen molar-refractivity contribution < 1.29 is 19.1 Å². The fourth-order valence-electron chi connectivity index (χ4n) is 3.16. The van der Waals surface area contributed by atoms with Crippen molar-refractivity contribution in [2.45, 2.75) is 32.1 Å². The highest BCUT2D eigenvalue weighted by Gasteiger charge is 2.61. The molecule has 0 aromatic heterocycles. The van der Waals surface area contributed by atoms with E-state index in [2.05, 4.69) is 10.4 Å². The van der Waals surface area contributed by atoms with Crippen LogP contribution in [-0.2, 0) is 19.3 Å². The Morgan fingerprint density at radius 1 is 1.35 bits per heavy atom. The monoisotopic (exact) mass is 376 g/mol. The van der Waals surface area contributed by atoms with Gasteiger partial charge in [0, 0.05) is 26.0 Å². The number of fused-ring (bicyclic) bond motifs is 2. The van der Waals surface area contributed by atoms with Gasteiger partial charge in [0.05, 0.1) is 12.8 Å². The zero-order valence-corrected chi connectivity index (χ0v) is 15.8. The van der Waals surface area contributed by atoms with Gasteiger partial charge in [-0.3, -0.25) is 14.4 Å². The van der Waals surface area contributed by atoms with E-state index in [0.29, 0.717) is 17.9 Å². The molecule has 2 aliphatic heterocycles. The number of hydrazone groups is 1. The molecule has 1 aromatic rings. The number of methoxy groups -OCH3 is 1. The number of carbonyl (C=O) groups excluding carboxylic acids is 3. The van der Waals surface area contributed by atoms with Crippen LogP contribution in [0.1, 0.15) is 32.8 Å². The van der Waals surface area contributed by atoms with Crippen LogP contribution in [0, 0.1) is 0 Å². The summed E-state index contributed by atoms with van der Waals surface area (Å²) in [5.41, 5.74) is 1.34. The summed E-state index contributed by atoms with van der Waals surface area (Å²) in [4.78, 5) is 37.4. The molecule has 0 saturated carbocycles. The molecule has 26 heavy (non-hydrogen) atoms. The van der Waals surface area contributed by atoms with Crippen LogP contribution in [0.4, 0.5) is 5.69 Å². The minimum atomic E-state index is -1.37. The predicted octanol–water partition coefficient (Wildman–Crippen LogP) is 1.61. The van der Waals surface area contributed by atoms with Crippen LogP contribution in [0.3, 0.4) is 0 Å².